The second kappa shape index (κ2) is 5.84. The van der Waals surface area contributed by atoms with Gasteiger partial charge in [-0.3, -0.25) is 4.79 Å². The molecular formula is C18H17NO6. The van der Waals surface area contributed by atoms with Crippen LogP contribution in [0.5, 0.6) is 11.5 Å². The number of furan rings is 1. The SMILES string of the molecule is COc1c2occc2c(OC)c2c(N3CCCC3)c(C=O)c(=O)oc12. The molecule has 7 heteroatoms. The van der Waals surface area contributed by atoms with Crippen LogP contribution in [0.1, 0.15) is 23.2 Å². The lowest BCUT2D eigenvalue weighted by Crippen LogP contribution is -2.23. The number of hydrogen-bond donors (Lipinski definition) is 0. The molecule has 3 aromatic rings. The van der Waals surface area contributed by atoms with Crippen molar-refractivity contribution < 1.29 is 23.1 Å². The third kappa shape index (κ3) is 2.12. The van der Waals surface area contributed by atoms with E-state index in [1.54, 1.807) is 6.07 Å². The van der Waals surface area contributed by atoms with Crippen molar-refractivity contribution in [3.63, 3.8) is 0 Å². The van der Waals surface area contributed by atoms with Gasteiger partial charge in [-0.25, -0.2) is 4.79 Å². The first-order valence-electron chi connectivity index (χ1n) is 8.03. The first kappa shape index (κ1) is 15.6. The van der Waals surface area contributed by atoms with Crippen LogP contribution in [-0.4, -0.2) is 33.6 Å². The number of carbonyl (C=O) groups excluding carboxylic acids is 1. The largest absolute Gasteiger partial charge is 0.495 e. The number of fused-ring (bicyclic) bond motifs is 2. The minimum absolute atomic E-state index is 0.00222. The van der Waals surface area contributed by atoms with E-state index in [1.807, 2.05) is 4.90 Å². The fraction of sp³-hybridized carbons (Fsp3) is 0.333. The van der Waals surface area contributed by atoms with Crippen LogP contribution in [0.2, 0.25) is 0 Å². The Labute approximate surface area is 142 Å². The summed E-state index contributed by atoms with van der Waals surface area (Å²) in [6.07, 6.45) is 4.05. The summed E-state index contributed by atoms with van der Waals surface area (Å²) in [5, 5.41) is 1.25. The van der Waals surface area contributed by atoms with Crippen molar-refractivity contribution in [2.45, 2.75) is 12.8 Å². The van der Waals surface area contributed by atoms with E-state index in [9.17, 15) is 9.59 Å². The van der Waals surface area contributed by atoms with Crippen LogP contribution < -0.4 is 20.0 Å². The van der Waals surface area contributed by atoms with Crippen LogP contribution in [0.4, 0.5) is 5.69 Å². The maximum Gasteiger partial charge on any atom is 0.349 e. The Morgan fingerprint density at radius 1 is 1.12 bits per heavy atom. The standard InChI is InChI=1S/C18H17NO6/c1-22-14-10-5-8-24-15(10)17(23-2)16-12(14)13(19-6-3-4-7-19)11(9-20)18(21)25-16/h5,8-9H,3-4,6-7H2,1-2H3. The highest BCUT2D eigenvalue weighted by Gasteiger charge is 2.29. The molecule has 0 N–H and O–H groups in total. The number of hydrogen-bond acceptors (Lipinski definition) is 7. The monoisotopic (exact) mass is 343 g/mol. The molecule has 4 rings (SSSR count). The zero-order valence-corrected chi connectivity index (χ0v) is 14.0. The predicted octanol–water partition coefficient (Wildman–Crippen LogP) is 2.97. The molecular weight excluding hydrogens is 326 g/mol. The summed E-state index contributed by atoms with van der Waals surface area (Å²) in [5.74, 6) is 0.805. The van der Waals surface area contributed by atoms with Gasteiger partial charge < -0.3 is 23.2 Å². The van der Waals surface area contributed by atoms with Crippen molar-refractivity contribution >= 4 is 33.9 Å². The summed E-state index contributed by atoms with van der Waals surface area (Å²) in [5.41, 5.74) is 0.491. The molecule has 1 fully saturated rings. The number of benzene rings is 1. The molecule has 0 radical (unpaired) electrons. The number of aldehydes is 1. The van der Waals surface area contributed by atoms with Crippen molar-refractivity contribution in [3.8, 4) is 11.5 Å². The lowest BCUT2D eigenvalue weighted by atomic mass is 10.1. The summed E-state index contributed by atoms with van der Waals surface area (Å²) in [6.45, 7) is 1.52. The van der Waals surface area contributed by atoms with Gasteiger partial charge in [0.15, 0.2) is 17.5 Å². The van der Waals surface area contributed by atoms with E-state index in [-0.39, 0.29) is 11.1 Å². The van der Waals surface area contributed by atoms with Crippen LogP contribution >= 0.6 is 0 Å². The third-order valence-corrected chi connectivity index (χ3v) is 4.63. The zero-order valence-electron chi connectivity index (χ0n) is 14.0. The highest BCUT2D eigenvalue weighted by molar-refractivity contribution is 6.13. The first-order valence-corrected chi connectivity index (χ1v) is 8.03. The quantitative estimate of drug-likeness (QED) is 0.532. The molecule has 0 amide bonds. The zero-order chi connectivity index (χ0) is 17.6. The molecule has 1 aliphatic rings. The summed E-state index contributed by atoms with van der Waals surface area (Å²) >= 11 is 0. The van der Waals surface area contributed by atoms with E-state index < -0.39 is 5.63 Å². The van der Waals surface area contributed by atoms with Gasteiger partial charge in [0.2, 0.25) is 5.75 Å². The molecule has 1 saturated heterocycles. The van der Waals surface area contributed by atoms with Crippen LogP contribution in [0, 0.1) is 0 Å². The Hall–Kier alpha value is -2.96. The molecule has 0 aliphatic carbocycles. The Balaban J connectivity index is 2.27. The van der Waals surface area contributed by atoms with E-state index in [2.05, 4.69) is 0 Å². The van der Waals surface area contributed by atoms with Crippen LogP contribution in [0.25, 0.3) is 21.9 Å². The Morgan fingerprint density at radius 3 is 2.48 bits per heavy atom. The minimum Gasteiger partial charge on any atom is -0.495 e. The number of ether oxygens (including phenoxy) is 2. The minimum atomic E-state index is -0.698. The van der Waals surface area contributed by atoms with Gasteiger partial charge in [0.05, 0.1) is 36.9 Å². The molecule has 1 aliphatic heterocycles. The Kier molecular flexibility index (Phi) is 3.63. The van der Waals surface area contributed by atoms with E-state index >= 15 is 0 Å². The molecule has 2 aromatic heterocycles. The maximum atomic E-state index is 12.4. The molecule has 0 unspecified atom stereocenters. The Bertz CT molecular complexity index is 1030. The highest BCUT2D eigenvalue weighted by atomic mass is 16.5. The number of anilines is 1. The van der Waals surface area contributed by atoms with Gasteiger partial charge in [0, 0.05) is 13.1 Å². The second-order valence-electron chi connectivity index (χ2n) is 5.90. The van der Waals surface area contributed by atoms with Gasteiger partial charge in [0.25, 0.3) is 0 Å². The van der Waals surface area contributed by atoms with Crippen LogP contribution in [0.3, 0.4) is 0 Å². The average Bonchev–Trinajstić information content (AvgIpc) is 3.30. The van der Waals surface area contributed by atoms with E-state index in [0.717, 1.165) is 25.9 Å². The van der Waals surface area contributed by atoms with Crippen LogP contribution in [-0.2, 0) is 0 Å². The lowest BCUT2D eigenvalue weighted by Gasteiger charge is -2.22. The van der Waals surface area contributed by atoms with Crippen molar-refractivity contribution in [3.05, 3.63) is 28.3 Å². The van der Waals surface area contributed by atoms with Gasteiger partial charge in [-0.1, -0.05) is 0 Å². The van der Waals surface area contributed by atoms with Gasteiger partial charge in [-0.2, -0.15) is 0 Å². The highest BCUT2D eigenvalue weighted by Crippen LogP contribution is 2.47. The van der Waals surface area contributed by atoms with E-state index in [1.165, 1.54) is 20.5 Å². The van der Waals surface area contributed by atoms with Crippen molar-refractivity contribution in [2.24, 2.45) is 0 Å². The summed E-state index contributed by atoms with van der Waals surface area (Å²) in [4.78, 5) is 26.1. The van der Waals surface area contributed by atoms with Gasteiger partial charge in [-0.15, -0.1) is 0 Å². The normalized spacial score (nSPS) is 14.4. The summed E-state index contributed by atoms with van der Waals surface area (Å²) in [6, 6.07) is 1.76. The molecule has 0 spiro atoms. The predicted molar refractivity (Wildman–Crippen MR) is 92.2 cm³/mol. The average molecular weight is 343 g/mol. The van der Waals surface area contributed by atoms with Crippen molar-refractivity contribution in [1.82, 2.24) is 0 Å². The number of methoxy groups -OCH3 is 2. The topological polar surface area (TPSA) is 82.1 Å². The van der Waals surface area contributed by atoms with Crippen LogP contribution in [0.15, 0.2) is 26.0 Å². The maximum absolute atomic E-state index is 12.4. The summed E-state index contributed by atoms with van der Waals surface area (Å²) in [7, 11) is 3.01. The van der Waals surface area contributed by atoms with Gasteiger partial charge >= 0.3 is 5.63 Å². The third-order valence-electron chi connectivity index (χ3n) is 4.63. The fourth-order valence-electron chi connectivity index (χ4n) is 3.58. The molecule has 3 heterocycles. The second-order valence-corrected chi connectivity index (χ2v) is 5.90. The van der Waals surface area contributed by atoms with E-state index in [4.69, 9.17) is 18.3 Å². The van der Waals surface area contributed by atoms with Crippen molar-refractivity contribution in [2.75, 3.05) is 32.2 Å². The number of carbonyl (C=O) groups is 1. The molecule has 0 atom stereocenters. The molecule has 25 heavy (non-hydrogen) atoms. The van der Waals surface area contributed by atoms with Gasteiger partial charge in [-0.05, 0) is 18.9 Å². The fourth-order valence-corrected chi connectivity index (χ4v) is 3.58. The molecule has 1 aromatic carbocycles. The molecule has 0 bridgehead atoms. The van der Waals surface area contributed by atoms with Crippen molar-refractivity contribution in [1.29, 1.82) is 0 Å². The number of nitrogens with zero attached hydrogens (tertiary/aromatic N) is 1. The summed E-state index contributed by atoms with van der Waals surface area (Å²) < 4.78 is 22.0. The van der Waals surface area contributed by atoms with Gasteiger partial charge in [0.1, 0.15) is 11.3 Å². The number of rotatable bonds is 4. The van der Waals surface area contributed by atoms with E-state index in [0.29, 0.717) is 39.8 Å². The molecule has 7 nitrogen and oxygen atoms in total. The molecule has 130 valence electrons. The first-order chi connectivity index (χ1) is 12.2. The Morgan fingerprint density at radius 2 is 1.84 bits per heavy atom. The lowest BCUT2D eigenvalue weighted by molar-refractivity contribution is 0.112. The molecule has 0 saturated carbocycles. The smallest absolute Gasteiger partial charge is 0.349 e.